The van der Waals surface area contributed by atoms with Crippen LogP contribution in [0.15, 0.2) is 18.2 Å². The first kappa shape index (κ1) is 13.8. The molecule has 1 heterocycles. The third kappa shape index (κ3) is 3.94. The summed E-state index contributed by atoms with van der Waals surface area (Å²) in [4.78, 5) is 0. The summed E-state index contributed by atoms with van der Waals surface area (Å²) in [6.07, 6.45) is 4.06. The minimum atomic E-state index is -0.449. The largest absolute Gasteiger partial charge is 0.393 e. The zero-order valence-corrected chi connectivity index (χ0v) is 11.0. The standard InChI is InChI=1S/C14H18ClFO2/c15-13-6-3-10(9-14(13)16)8-11(17)4-5-12-2-1-7-18-12/h3,6,9,11-12,17H,1-2,4-5,7-8H2. The quantitative estimate of drug-likeness (QED) is 0.891. The van der Waals surface area contributed by atoms with Crippen LogP contribution in [0.25, 0.3) is 0 Å². The van der Waals surface area contributed by atoms with Crippen LogP contribution in [0.4, 0.5) is 4.39 Å². The summed E-state index contributed by atoms with van der Waals surface area (Å²) in [5.41, 5.74) is 0.775. The lowest BCUT2D eigenvalue weighted by Gasteiger charge is -2.14. The maximum absolute atomic E-state index is 13.2. The van der Waals surface area contributed by atoms with Crippen LogP contribution in [0.5, 0.6) is 0 Å². The lowest BCUT2D eigenvalue weighted by Crippen LogP contribution is -2.15. The Morgan fingerprint density at radius 2 is 2.33 bits per heavy atom. The van der Waals surface area contributed by atoms with E-state index in [1.807, 2.05) is 0 Å². The van der Waals surface area contributed by atoms with E-state index in [0.717, 1.165) is 31.4 Å². The number of halogens is 2. The van der Waals surface area contributed by atoms with Gasteiger partial charge >= 0.3 is 0 Å². The van der Waals surface area contributed by atoms with Crippen molar-refractivity contribution in [3.8, 4) is 0 Å². The number of aliphatic hydroxyl groups is 1. The van der Waals surface area contributed by atoms with Gasteiger partial charge < -0.3 is 9.84 Å². The first-order valence-electron chi connectivity index (χ1n) is 6.39. The molecule has 0 spiro atoms. The predicted molar refractivity (Wildman–Crippen MR) is 69.3 cm³/mol. The van der Waals surface area contributed by atoms with Gasteiger partial charge in [-0.2, -0.15) is 0 Å². The van der Waals surface area contributed by atoms with Gasteiger partial charge in [-0.05, 0) is 49.8 Å². The summed E-state index contributed by atoms with van der Waals surface area (Å²) >= 11 is 5.61. The molecule has 0 saturated carbocycles. The highest BCUT2D eigenvalue weighted by atomic mass is 35.5. The van der Waals surface area contributed by atoms with E-state index in [0.29, 0.717) is 18.9 Å². The van der Waals surface area contributed by atoms with Gasteiger partial charge in [0.2, 0.25) is 0 Å². The van der Waals surface area contributed by atoms with Crippen LogP contribution in [0, 0.1) is 5.82 Å². The van der Waals surface area contributed by atoms with Gasteiger partial charge in [0.25, 0.3) is 0 Å². The fourth-order valence-corrected chi connectivity index (χ4v) is 2.41. The molecule has 0 aromatic heterocycles. The van der Waals surface area contributed by atoms with Gasteiger partial charge in [0.15, 0.2) is 0 Å². The highest BCUT2D eigenvalue weighted by Crippen LogP contribution is 2.20. The van der Waals surface area contributed by atoms with Gasteiger partial charge in [-0.15, -0.1) is 0 Å². The Morgan fingerprint density at radius 1 is 1.50 bits per heavy atom. The van der Waals surface area contributed by atoms with Crippen molar-refractivity contribution < 1.29 is 14.2 Å². The van der Waals surface area contributed by atoms with E-state index in [-0.39, 0.29) is 5.02 Å². The Labute approximate surface area is 112 Å². The molecule has 2 atom stereocenters. The highest BCUT2D eigenvalue weighted by Gasteiger charge is 2.17. The average molecular weight is 273 g/mol. The van der Waals surface area contributed by atoms with Crippen molar-refractivity contribution in [2.24, 2.45) is 0 Å². The summed E-state index contributed by atoms with van der Waals surface area (Å²) in [7, 11) is 0. The highest BCUT2D eigenvalue weighted by molar-refractivity contribution is 6.30. The lowest BCUT2D eigenvalue weighted by molar-refractivity contribution is 0.0813. The fraction of sp³-hybridized carbons (Fsp3) is 0.571. The molecule has 0 amide bonds. The van der Waals surface area contributed by atoms with Gasteiger partial charge in [-0.3, -0.25) is 0 Å². The molecule has 1 N–H and O–H groups in total. The van der Waals surface area contributed by atoms with E-state index in [9.17, 15) is 9.50 Å². The lowest BCUT2D eigenvalue weighted by atomic mass is 10.0. The number of hydrogen-bond acceptors (Lipinski definition) is 2. The van der Waals surface area contributed by atoms with Crippen LogP contribution in [0.3, 0.4) is 0 Å². The first-order chi connectivity index (χ1) is 8.65. The van der Waals surface area contributed by atoms with Crippen LogP contribution in [0.2, 0.25) is 5.02 Å². The number of aliphatic hydroxyl groups excluding tert-OH is 1. The zero-order chi connectivity index (χ0) is 13.0. The molecule has 4 heteroatoms. The Hall–Kier alpha value is -0.640. The van der Waals surface area contributed by atoms with Crippen molar-refractivity contribution in [2.45, 2.75) is 44.3 Å². The molecule has 2 unspecified atom stereocenters. The maximum atomic E-state index is 13.2. The topological polar surface area (TPSA) is 29.5 Å². The minimum Gasteiger partial charge on any atom is -0.393 e. The molecule has 0 aliphatic carbocycles. The van der Waals surface area contributed by atoms with Gasteiger partial charge in [-0.25, -0.2) is 4.39 Å². The van der Waals surface area contributed by atoms with Gasteiger partial charge in [0.05, 0.1) is 17.2 Å². The molecule has 100 valence electrons. The van der Waals surface area contributed by atoms with E-state index < -0.39 is 11.9 Å². The molecule has 1 fully saturated rings. The molecule has 18 heavy (non-hydrogen) atoms. The Bertz CT molecular complexity index is 391. The van der Waals surface area contributed by atoms with Crippen molar-refractivity contribution >= 4 is 11.6 Å². The number of ether oxygens (including phenoxy) is 1. The normalized spacial score (nSPS) is 21.2. The average Bonchev–Trinajstić information content (AvgIpc) is 2.84. The van der Waals surface area contributed by atoms with Crippen LogP contribution >= 0.6 is 11.6 Å². The smallest absolute Gasteiger partial charge is 0.142 e. The molecule has 1 aromatic rings. The van der Waals surface area contributed by atoms with E-state index in [2.05, 4.69) is 0 Å². The molecule has 1 aromatic carbocycles. The molecular formula is C14H18ClFO2. The van der Waals surface area contributed by atoms with E-state index in [1.165, 1.54) is 12.1 Å². The van der Waals surface area contributed by atoms with Crippen molar-refractivity contribution in [3.05, 3.63) is 34.6 Å². The molecular weight excluding hydrogens is 255 g/mol. The summed E-state index contributed by atoms with van der Waals surface area (Å²) in [6, 6.07) is 4.66. The van der Waals surface area contributed by atoms with Crippen LogP contribution in [0.1, 0.15) is 31.2 Å². The number of rotatable bonds is 5. The molecule has 0 radical (unpaired) electrons. The summed E-state index contributed by atoms with van der Waals surface area (Å²) < 4.78 is 18.7. The second kappa shape index (κ2) is 6.50. The minimum absolute atomic E-state index is 0.118. The third-order valence-corrected chi connectivity index (χ3v) is 3.61. The summed E-state index contributed by atoms with van der Waals surface area (Å²) in [5.74, 6) is -0.430. The molecule has 2 nitrogen and oxygen atoms in total. The van der Waals surface area contributed by atoms with Crippen LogP contribution < -0.4 is 0 Å². The third-order valence-electron chi connectivity index (χ3n) is 3.30. The van der Waals surface area contributed by atoms with Crippen molar-refractivity contribution in [1.82, 2.24) is 0 Å². The Morgan fingerprint density at radius 3 is 3.00 bits per heavy atom. The summed E-state index contributed by atoms with van der Waals surface area (Å²) in [6.45, 7) is 0.836. The maximum Gasteiger partial charge on any atom is 0.142 e. The molecule has 1 saturated heterocycles. The molecule has 2 rings (SSSR count). The van der Waals surface area contributed by atoms with Crippen molar-refractivity contribution in [2.75, 3.05) is 6.61 Å². The Kier molecular flexibility index (Phi) is 4.98. The zero-order valence-electron chi connectivity index (χ0n) is 10.2. The number of hydrogen-bond donors (Lipinski definition) is 1. The van der Waals surface area contributed by atoms with Crippen LogP contribution in [-0.4, -0.2) is 23.9 Å². The fourth-order valence-electron chi connectivity index (χ4n) is 2.29. The SMILES string of the molecule is OC(CCC1CCCO1)Cc1ccc(Cl)c(F)c1. The second-order valence-electron chi connectivity index (χ2n) is 4.82. The van der Waals surface area contributed by atoms with Gasteiger partial charge in [-0.1, -0.05) is 17.7 Å². The van der Waals surface area contributed by atoms with Crippen molar-refractivity contribution in [1.29, 1.82) is 0 Å². The van der Waals surface area contributed by atoms with Crippen LogP contribution in [-0.2, 0) is 11.2 Å². The Balaban J connectivity index is 1.78. The van der Waals surface area contributed by atoms with E-state index in [1.54, 1.807) is 6.07 Å². The van der Waals surface area contributed by atoms with Crippen molar-refractivity contribution in [3.63, 3.8) is 0 Å². The second-order valence-corrected chi connectivity index (χ2v) is 5.23. The monoisotopic (exact) mass is 272 g/mol. The van der Waals surface area contributed by atoms with Gasteiger partial charge in [0, 0.05) is 6.61 Å². The molecule has 0 bridgehead atoms. The first-order valence-corrected chi connectivity index (χ1v) is 6.76. The van der Waals surface area contributed by atoms with E-state index >= 15 is 0 Å². The summed E-state index contributed by atoms with van der Waals surface area (Å²) in [5, 5.41) is 10.0. The predicted octanol–water partition coefficient (Wildman–Crippen LogP) is 3.34. The van der Waals surface area contributed by atoms with E-state index in [4.69, 9.17) is 16.3 Å². The van der Waals surface area contributed by atoms with Gasteiger partial charge in [0.1, 0.15) is 5.82 Å². The molecule has 1 aliphatic rings. The number of benzene rings is 1. The molecule has 1 aliphatic heterocycles.